The summed E-state index contributed by atoms with van der Waals surface area (Å²) in [4.78, 5) is 4.15. The summed E-state index contributed by atoms with van der Waals surface area (Å²) in [5, 5.41) is 3.34. The Kier molecular flexibility index (Phi) is 3.37. The molecular weight excluding hydrogens is 244 g/mol. The van der Waals surface area contributed by atoms with Crippen LogP contribution in [0.25, 0.3) is 0 Å². The summed E-state index contributed by atoms with van der Waals surface area (Å²) in [6.45, 7) is 4.51. The van der Waals surface area contributed by atoms with Crippen molar-refractivity contribution in [2.75, 3.05) is 13.2 Å². The standard InChI is InChI=1S/C14H16N2O3/c1-10-12(16-9-19-10)8-15-7-11-3-2-4-13-14(11)18-6-5-17-13/h2-4,9,15H,5-8H2,1H3. The molecule has 0 saturated carbocycles. The zero-order valence-corrected chi connectivity index (χ0v) is 10.8. The molecule has 5 nitrogen and oxygen atoms in total. The largest absolute Gasteiger partial charge is 0.486 e. The lowest BCUT2D eigenvalue weighted by molar-refractivity contribution is 0.169. The van der Waals surface area contributed by atoms with E-state index in [9.17, 15) is 0 Å². The molecule has 1 aromatic heterocycles. The van der Waals surface area contributed by atoms with Gasteiger partial charge in [0.2, 0.25) is 0 Å². The number of oxazole rings is 1. The van der Waals surface area contributed by atoms with Crippen molar-refractivity contribution in [1.82, 2.24) is 10.3 Å². The number of benzene rings is 1. The van der Waals surface area contributed by atoms with Crippen molar-refractivity contribution in [1.29, 1.82) is 0 Å². The van der Waals surface area contributed by atoms with E-state index < -0.39 is 0 Å². The highest BCUT2D eigenvalue weighted by Gasteiger charge is 2.15. The van der Waals surface area contributed by atoms with Crippen LogP contribution in [0.1, 0.15) is 17.0 Å². The highest BCUT2D eigenvalue weighted by atomic mass is 16.6. The maximum atomic E-state index is 5.67. The van der Waals surface area contributed by atoms with Crippen molar-refractivity contribution in [2.45, 2.75) is 20.0 Å². The lowest BCUT2D eigenvalue weighted by Crippen LogP contribution is -2.19. The monoisotopic (exact) mass is 260 g/mol. The van der Waals surface area contributed by atoms with E-state index in [0.29, 0.717) is 26.3 Å². The molecule has 0 radical (unpaired) electrons. The Bertz CT molecular complexity index is 566. The van der Waals surface area contributed by atoms with Gasteiger partial charge in [0.25, 0.3) is 0 Å². The molecule has 2 aromatic rings. The van der Waals surface area contributed by atoms with Crippen molar-refractivity contribution in [3.63, 3.8) is 0 Å². The van der Waals surface area contributed by atoms with Crippen LogP contribution in [-0.4, -0.2) is 18.2 Å². The molecule has 0 aliphatic carbocycles. The number of aromatic nitrogens is 1. The lowest BCUT2D eigenvalue weighted by atomic mass is 10.1. The molecule has 0 amide bonds. The summed E-state index contributed by atoms with van der Waals surface area (Å²) < 4.78 is 16.4. The van der Waals surface area contributed by atoms with Crippen LogP contribution in [0.5, 0.6) is 11.5 Å². The minimum atomic E-state index is 0.604. The van der Waals surface area contributed by atoms with Crippen molar-refractivity contribution in [3.8, 4) is 11.5 Å². The number of nitrogens with zero attached hydrogens (tertiary/aromatic N) is 1. The van der Waals surface area contributed by atoms with E-state index in [1.165, 1.54) is 6.39 Å². The van der Waals surface area contributed by atoms with E-state index in [1.807, 2.05) is 25.1 Å². The van der Waals surface area contributed by atoms with Gasteiger partial charge in [-0.1, -0.05) is 12.1 Å². The molecule has 1 N–H and O–H groups in total. The maximum Gasteiger partial charge on any atom is 0.181 e. The topological polar surface area (TPSA) is 56.5 Å². The molecule has 100 valence electrons. The number of ether oxygens (including phenoxy) is 2. The number of rotatable bonds is 4. The molecule has 5 heteroatoms. The van der Waals surface area contributed by atoms with Crippen molar-refractivity contribution < 1.29 is 13.9 Å². The zero-order valence-electron chi connectivity index (χ0n) is 10.8. The van der Waals surface area contributed by atoms with Gasteiger partial charge < -0.3 is 19.2 Å². The molecule has 19 heavy (non-hydrogen) atoms. The first kappa shape index (κ1) is 12.0. The van der Waals surface area contributed by atoms with Gasteiger partial charge in [-0.25, -0.2) is 4.98 Å². The van der Waals surface area contributed by atoms with Gasteiger partial charge in [0.15, 0.2) is 17.9 Å². The van der Waals surface area contributed by atoms with Crippen LogP contribution in [0.2, 0.25) is 0 Å². The molecule has 0 saturated heterocycles. The Morgan fingerprint density at radius 1 is 1.21 bits per heavy atom. The average molecular weight is 260 g/mol. The van der Waals surface area contributed by atoms with E-state index in [-0.39, 0.29) is 0 Å². The molecule has 3 rings (SSSR count). The predicted molar refractivity (Wildman–Crippen MR) is 69.2 cm³/mol. The molecule has 2 heterocycles. The minimum absolute atomic E-state index is 0.604. The van der Waals surface area contributed by atoms with Crippen LogP contribution in [0.15, 0.2) is 29.0 Å². The fourth-order valence-corrected chi connectivity index (χ4v) is 2.09. The second kappa shape index (κ2) is 5.32. The van der Waals surface area contributed by atoms with Crippen LogP contribution in [0.3, 0.4) is 0 Å². The van der Waals surface area contributed by atoms with Crippen LogP contribution < -0.4 is 14.8 Å². The Hall–Kier alpha value is -2.01. The fourth-order valence-electron chi connectivity index (χ4n) is 2.09. The second-order valence-electron chi connectivity index (χ2n) is 4.40. The van der Waals surface area contributed by atoms with Crippen LogP contribution in [0, 0.1) is 6.92 Å². The SMILES string of the molecule is Cc1ocnc1CNCc1cccc2c1OCCO2. The highest BCUT2D eigenvalue weighted by Crippen LogP contribution is 2.33. The third-order valence-electron chi connectivity index (χ3n) is 3.10. The highest BCUT2D eigenvalue weighted by molar-refractivity contribution is 5.47. The van der Waals surface area contributed by atoms with Gasteiger partial charge in [-0.2, -0.15) is 0 Å². The minimum Gasteiger partial charge on any atom is -0.486 e. The third kappa shape index (κ3) is 2.56. The first-order valence-electron chi connectivity index (χ1n) is 6.32. The number of hydrogen-bond acceptors (Lipinski definition) is 5. The summed E-state index contributed by atoms with van der Waals surface area (Å²) in [7, 11) is 0. The van der Waals surface area contributed by atoms with Gasteiger partial charge in [-0.3, -0.25) is 0 Å². The molecule has 0 spiro atoms. The van der Waals surface area contributed by atoms with E-state index in [0.717, 1.165) is 28.5 Å². The van der Waals surface area contributed by atoms with Gasteiger partial charge >= 0.3 is 0 Å². The summed E-state index contributed by atoms with van der Waals surface area (Å²) >= 11 is 0. The third-order valence-corrected chi connectivity index (χ3v) is 3.10. The zero-order chi connectivity index (χ0) is 13.1. The smallest absolute Gasteiger partial charge is 0.181 e. The molecule has 0 bridgehead atoms. The summed E-state index contributed by atoms with van der Waals surface area (Å²) in [6.07, 6.45) is 1.47. The molecule has 1 aromatic carbocycles. The molecule has 0 unspecified atom stereocenters. The average Bonchev–Trinajstić information content (AvgIpc) is 2.85. The quantitative estimate of drug-likeness (QED) is 0.911. The van der Waals surface area contributed by atoms with Gasteiger partial charge in [0.1, 0.15) is 19.0 Å². The second-order valence-corrected chi connectivity index (χ2v) is 4.40. The van der Waals surface area contributed by atoms with Crippen molar-refractivity contribution in [3.05, 3.63) is 41.6 Å². The number of fused-ring (bicyclic) bond motifs is 1. The molecular formula is C14H16N2O3. The van der Waals surface area contributed by atoms with Gasteiger partial charge in [-0.15, -0.1) is 0 Å². The molecule has 1 aliphatic rings. The fraction of sp³-hybridized carbons (Fsp3) is 0.357. The van der Waals surface area contributed by atoms with Gasteiger partial charge in [0, 0.05) is 18.7 Å². The molecule has 1 aliphatic heterocycles. The first-order chi connectivity index (χ1) is 9.34. The normalized spacial score (nSPS) is 13.5. The molecule has 0 atom stereocenters. The van der Waals surface area contributed by atoms with Gasteiger partial charge in [-0.05, 0) is 13.0 Å². The Labute approximate surface area is 111 Å². The van der Waals surface area contributed by atoms with Crippen molar-refractivity contribution in [2.24, 2.45) is 0 Å². The van der Waals surface area contributed by atoms with Crippen molar-refractivity contribution >= 4 is 0 Å². The predicted octanol–water partition coefficient (Wildman–Crippen LogP) is 2.04. The number of aryl methyl sites for hydroxylation is 1. The van der Waals surface area contributed by atoms with E-state index >= 15 is 0 Å². The Balaban J connectivity index is 1.66. The van der Waals surface area contributed by atoms with Crippen LogP contribution in [0.4, 0.5) is 0 Å². The first-order valence-corrected chi connectivity index (χ1v) is 6.32. The van der Waals surface area contributed by atoms with E-state index in [4.69, 9.17) is 13.9 Å². The number of nitrogens with one attached hydrogen (secondary N) is 1. The Morgan fingerprint density at radius 3 is 2.95 bits per heavy atom. The van der Waals surface area contributed by atoms with Crippen LogP contribution >= 0.6 is 0 Å². The number of para-hydroxylation sites is 1. The summed E-state index contributed by atoms with van der Waals surface area (Å²) in [6, 6.07) is 5.95. The van der Waals surface area contributed by atoms with Gasteiger partial charge in [0.05, 0.1) is 5.69 Å². The maximum absolute atomic E-state index is 5.67. The van der Waals surface area contributed by atoms with E-state index in [1.54, 1.807) is 0 Å². The lowest BCUT2D eigenvalue weighted by Gasteiger charge is -2.21. The van der Waals surface area contributed by atoms with E-state index in [2.05, 4.69) is 10.3 Å². The number of hydrogen-bond donors (Lipinski definition) is 1. The summed E-state index contributed by atoms with van der Waals surface area (Å²) in [5.41, 5.74) is 2.03. The van der Waals surface area contributed by atoms with Crippen LogP contribution in [-0.2, 0) is 13.1 Å². The molecule has 0 fully saturated rings. The Morgan fingerprint density at radius 2 is 2.11 bits per heavy atom. The summed E-state index contributed by atoms with van der Waals surface area (Å²) in [5.74, 6) is 2.52.